The Labute approximate surface area is 142 Å². The lowest BCUT2D eigenvalue weighted by Crippen LogP contribution is -2.48. The van der Waals surface area contributed by atoms with Crippen LogP contribution in [0.3, 0.4) is 0 Å². The molecule has 1 saturated carbocycles. The van der Waals surface area contributed by atoms with Crippen molar-refractivity contribution >= 4 is 5.91 Å². The minimum absolute atomic E-state index is 0.0706. The van der Waals surface area contributed by atoms with Crippen LogP contribution in [-0.4, -0.2) is 69.4 Å². The summed E-state index contributed by atoms with van der Waals surface area (Å²) in [7, 11) is 0. The summed E-state index contributed by atoms with van der Waals surface area (Å²) in [6.45, 7) is 3.64. The molecule has 1 aromatic heterocycles. The second-order valence-electron chi connectivity index (χ2n) is 6.78. The van der Waals surface area contributed by atoms with E-state index in [1.165, 1.54) is 49.5 Å². The van der Waals surface area contributed by atoms with Crippen LogP contribution in [0.15, 0.2) is 6.33 Å². The highest BCUT2D eigenvalue weighted by atomic mass is 16.5. The number of aromatic nitrogens is 4. The predicted octanol–water partition coefficient (Wildman–Crippen LogP) is 0.603. The quantitative estimate of drug-likeness (QED) is 0.766. The Bertz CT molecular complexity index is 487. The van der Waals surface area contributed by atoms with Crippen LogP contribution >= 0.6 is 0 Å². The molecule has 1 aliphatic heterocycles. The molecule has 1 N–H and O–H groups in total. The molecule has 0 unspecified atom stereocenters. The van der Waals surface area contributed by atoms with Crippen molar-refractivity contribution in [3.8, 4) is 0 Å². The minimum atomic E-state index is -0.0706. The molecule has 0 aromatic carbocycles. The van der Waals surface area contributed by atoms with Crippen molar-refractivity contribution in [2.45, 2.75) is 63.6 Å². The number of nitrogens with one attached hydrogen (secondary N) is 1. The van der Waals surface area contributed by atoms with Gasteiger partial charge in [0.2, 0.25) is 5.91 Å². The molecule has 3 rings (SSSR count). The molecule has 8 nitrogen and oxygen atoms in total. The van der Waals surface area contributed by atoms with Crippen molar-refractivity contribution in [1.29, 1.82) is 0 Å². The maximum absolute atomic E-state index is 11.8. The van der Waals surface area contributed by atoms with Gasteiger partial charge in [-0.25, -0.2) is 4.68 Å². The lowest BCUT2D eigenvalue weighted by Gasteiger charge is -2.38. The molecule has 1 atom stereocenters. The molecular formula is C16H28N6O2. The van der Waals surface area contributed by atoms with Crippen LogP contribution in [0.5, 0.6) is 0 Å². The van der Waals surface area contributed by atoms with Gasteiger partial charge in [0.15, 0.2) is 0 Å². The lowest BCUT2D eigenvalue weighted by atomic mass is 10.1. The first-order valence-corrected chi connectivity index (χ1v) is 9.14. The monoisotopic (exact) mass is 336 g/mol. The molecule has 24 heavy (non-hydrogen) atoms. The zero-order valence-electron chi connectivity index (χ0n) is 14.3. The van der Waals surface area contributed by atoms with E-state index in [1.807, 2.05) is 0 Å². The fourth-order valence-electron chi connectivity index (χ4n) is 3.70. The van der Waals surface area contributed by atoms with Crippen LogP contribution in [0.25, 0.3) is 0 Å². The molecule has 1 saturated heterocycles. The highest BCUT2D eigenvalue weighted by molar-refractivity contribution is 5.75. The Balaban J connectivity index is 1.36. The van der Waals surface area contributed by atoms with E-state index in [0.29, 0.717) is 6.54 Å². The van der Waals surface area contributed by atoms with Crippen LogP contribution in [0.2, 0.25) is 0 Å². The van der Waals surface area contributed by atoms with E-state index in [4.69, 9.17) is 4.74 Å². The van der Waals surface area contributed by atoms with Gasteiger partial charge in [-0.05, 0) is 29.7 Å². The molecule has 134 valence electrons. The summed E-state index contributed by atoms with van der Waals surface area (Å²) in [5.41, 5.74) is 0. The standard InChI is InChI=1S/C16H28N6O2/c23-16(12-22-13-18-19-20-22)17-8-7-15-11-21(9-10-24-15)14-5-3-1-2-4-6-14/h13-15H,1-12H2,(H,17,23)/t15-/m1/s1. The fourth-order valence-corrected chi connectivity index (χ4v) is 3.70. The first-order chi connectivity index (χ1) is 11.8. The molecule has 0 spiro atoms. The Kier molecular flexibility index (Phi) is 6.54. The van der Waals surface area contributed by atoms with Gasteiger partial charge in [0.25, 0.3) is 0 Å². The van der Waals surface area contributed by atoms with Gasteiger partial charge in [0.1, 0.15) is 12.9 Å². The summed E-state index contributed by atoms with van der Waals surface area (Å²) < 4.78 is 7.30. The maximum atomic E-state index is 11.8. The Morgan fingerprint density at radius 2 is 2.08 bits per heavy atom. The Morgan fingerprint density at radius 3 is 2.83 bits per heavy atom. The van der Waals surface area contributed by atoms with E-state index in [0.717, 1.165) is 32.2 Å². The highest BCUT2D eigenvalue weighted by Gasteiger charge is 2.26. The normalized spacial score (nSPS) is 23.8. The summed E-state index contributed by atoms with van der Waals surface area (Å²) in [6, 6.07) is 0.730. The Morgan fingerprint density at radius 1 is 1.25 bits per heavy atom. The number of ether oxygens (including phenoxy) is 1. The van der Waals surface area contributed by atoms with Crippen LogP contribution < -0.4 is 5.32 Å². The van der Waals surface area contributed by atoms with E-state index in [9.17, 15) is 4.79 Å². The second kappa shape index (κ2) is 9.08. The van der Waals surface area contributed by atoms with Crippen molar-refractivity contribution in [2.75, 3.05) is 26.2 Å². The van der Waals surface area contributed by atoms with Gasteiger partial charge in [0, 0.05) is 25.7 Å². The van der Waals surface area contributed by atoms with Gasteiger partial charge in [-0.3, -0.25) is 9.69 Å². The summed E-state index contributed by atoms with van der Waals surface area (Å²) in [5, 5.41) is 13.6. The van der Waals surface area contributed by atoms with Gasteiger partial charge >= 0.3 is 0 Å². The molecule has 2 fully saturated rings. The molecule has 2 aliphatic rings. The van der Waals surface area contributed by atoms with Crippen LogP contribution in [0.1, 0.15) is 44.9 Å². The van der Waals surface area contributed by atoms with E-state index in [1.54, 1.807) is 0 Å². The van der Waals surface area contributed by atoms with Crippen LogP contribution in [-0.2, 0) is 16.1 Å². The molecule has 1 amide bonds. The smallest absolute Gasteiger partial charge is 0.241 e. The summed E-state index contributed by atoms with van der Waals surface area (Å²) in [4.78, 5) is 14.4. The van der Waals surface area contributed by atoms with E-state index in [-0.39, 0.29) is 18.6 Å². The average molecular weight is 336 g/mol. The van der Waals surface area contributed by atoms with Crippen molar-refractivity contribution in [1.82, 2.24) is 30.4 Å². The average Bonchev–Trinajstić information content (AvgIpc) is 2.94. The van der Waals surface area contributed by atoms with Gasteiger partial charge in [0.05, 0.1) is 12.7 Å². The third kappa shape index (κ3) is 5.24. The van der Waals surface area contributed by atoms with Crippen LogP contribution in [0, 0.1) is 0 Å². The molecule has 1 aromatic rings. The van der Waals surface area contributed by atoms with E-state index < -0.39 is 0 Å². The second-order valence-corrected chi connectivity index (χ2v) is 6.78. The molecular weight excluding hydrogens is 308 g/mol. The number of hydrogen-bond acceptors (Lipinski definition) is 6. The van der Waals surface area contributed by atoms with Crippen molar-refractivity contribution in [3.05, 3.63) is 6.33 Å². The number of hydrogen-bond donors (Lipinski definition) is 1. The topological polar surface area (TPSA) is 85.2 Å². The Hall–Kier alpha value is -1.54. The number of tetrazole rings is 1. The van der Waals surface area contributed by atoms with E-state index in [2.05, 4.69) is 25.7 Å². The number of amides is 1. The summed E-state index contributed by atoms with van der Waals surface area (Å²) >= 11 is 0. The summed E-state index contributed by atoms with van der Waals surface area (Å²) in [5.74, 6) is -0.0706. The van der Waals surface area contributed by atoms with Gasteiger partial charge in [-0.2, -0.15) is 0 Å². The summed E-state index contributed by atoms with van der Waals surface area (Å²) in [6.07, 6.45) is 10.7. The van der Waals surface area contributed by atoms with Crippen molar-refractivity contribution in [2.24, 2.45) is 0 Å². The number of nitrogens with zero attached hydrogens (tertiary/aromatic N) is 5. The van der Waals surface area contributed by atoms with Gasteiger partial charge in [-0.1, -0.05) is 25.7 Å². The molecule has 1 aliphatic carbocycles. The highest BCUT2D eigenvalue weighted by Crippen LogP contribution is 2.24. The number of carbonyl (C=O) groups is 1. The third-order valence-electron chi connectivity index (χ3n) is 5.00. The first kappa shape index (κ1) is 17.3. The van der Waals surface area contributed by atoms with Gasteiger partial charge < -0.3 is 10.1 Å². The zero-order chi connectivity index (χ0) is 16.6. The van der Waals surface area contributed by atoms with E-state index >= 15 is 0 Å². The number of carbonyl (C=O) groups excluding carboxylic acids is 1. The predicted molar refractivity (Wildman–Crippen MR) is 88.2 cm³/mol. The molecule has 0 bridgehead atoms. The minimum Gasteiger partial charge on any atom is -0.375 e. The molecule has 2 heterocycles. The van der Waals surface area contributed by atoms with Crippen LogP contribution in [0.4, 0.5) is 0 Å². The lowest BCUT2D eigenvalue weighted by molar-refractivity contribution is -0.122. The largest absolute Gasteiger partial charge is 0.375 e. The maximum Gasteiger partial charge on any atom is 0.241 e. The molecule has 8 heteroatoms. The SMILES string of the molecule is O=C(Cn1cnnn1)NCC[C@@H]1CN(C2CCCCCC2)CCO1. The number of rotatable bonds is 6. The third-order valence-corrected chi connectivity index (χ3v) is 5.00. The first-order valence-electron chi connectivity index (χ1n) is 9.14. The zero-order valence-corrected chi connectivity index (χ0v) is 14.3. The van der Waals surface area contributed by atoms with Crippen molar-refractivity contribution < 1.29 is 9.53 Å². The molecule has 0 radical (unpaired) electrons. The van der Waals surface area contributed by atoms with Crippen molar-refractivity contribution in [3.63, 3.8) is 0 Å². The fraction of sp³-hybridized carbons (Fsp3) is 0.875. The number of morpholine rings is 1. The van der Waals surface area contributed by atoms with Gasteiger partial charge in [-0.15, -0.1) is 5.10 Å².